The molecule has 34 heavy (non-hydrogen) atoms. The van der Waals surface area contributed by atoms with Crippen molar-refractivity contribution in [1.82, 2.24) is 4.98 Å². The Hall–Kier alpha value is -4.04. The molecule has 4 rings (SSSR count). The molecular formula is C26H19BrN2O5. The number of para-hydroxylation sites is 1. The smallest absolute Gasteiger partial charge is 0.339 e. The van der Waals surface area contributed by atoms with E-state index in [9.17, 15) is 14.4 Å². The lowest BCUT2D eigenvalue weighted by Crippen LogP contribution is -2.21. The molecule has 0 spiro atoms. The molecular weight excluding hydrogens is 500 g/mol. The molecule has 1 heterocycles. The van der Waals surface area contributed by atoms with E-state index in [0.717, 1.165) is 10.0 Å². The molecule has 0 bridgehead atoms. The molecule has 3 aromatic carbocycles. The van der Waals surface area contributed by atoms with Crippen LogP contribution in [0, 0.1) is 0 Å². The molecule has 0 fully saturated rings. The molecule has 0 saturated heterocycles. The highest BCUT2D eigenvalue weighted by molar-refractivity contribution is 9.10. The van der Waals surface area contributed by atoms with E-state index < -0.39 is 24.5 Å². The number of hydrogen-bond acceptors (Lipinski definition) is 6. The number of ether oxygens (including phenoxy) is 2. The summed E-state index contributed by atoms with van der Waals surface area (Å²) in [5.74, 6) is -1.61. The SMILES string of the molecule is COC(=O)c1ccc(NC(=O)COC(=O)c2cc(-c3ccc(Br)cc3)nc3ccccc23)cc1. The van der Waals surface area contributed by atoms with Crippen molar-refractivity contribution in [3.05, 3.63) is 94.5 Å². The van der Waals surface area contributed by atoms with Crippen LogP contribution in [0.4, 0.5) is 5.69 Å². The summed E-state index contributed by atoms with van der Waals surface area (Å²) >= 11 is 3.41. The summed E-state index contributed by atoms with van der Waals surface area (Å²) in [5, 5.41) is 3.26. The highest BCUT2D eigenvalue weighted by Gasteiger charge is 2.17. The van der Waals surface area contributed by atoms with Crippen LogP contribution in [-0.2, 0) is 14.3 Å². The van der Waals surface area contributed by atoms with Crippen LogP contribution < -0.4 is 5.32 Å². The number of aromatic nitrogens is 1. The summed E-state index contributed by atoms with van der Waals surface area (Å²) < 4.78 is 10.9. The van der Waals surface area contributed by atoms with E-state index in [4.69, 9.17) is 4.74 Å². The molecule has 0 saturated carbocycles. The Morgan fingerprint density at radius 3 is 2.32 bits per heavy atom. The minimum absolute atomic E-state index is 0.318. The minimum Gasteiger partial charge on any atom is -0.465 e. The van der Waals surface area contributed by atoms with Crippen molar-refractivity contribution >= 4 is 50.4 Å². The fourth-order valence-electron chi connectivity index (χ4n) is 3.33. The monoisotopic (exact) mass is 518 g/mol. The van der Waals surface area contributed by atoms with Gasteiger partial charge in [0.25, 0.3) is 5.91 Å². The number of nitrogens with one attached hydrogen (secondary N) is 1. The third-order valence-electron chi connectivity index (χ3n) is 5.00. The van der Waals surface area contributed by atoms with Crippen LogP contribution in [0.2, 0.25) is 0 Å². The van der Waals surface area contributed by atoms with Gasteiger partial charge in [-0.2, -0.15) is 0 Å². The van der Waals surface area contributed by atoms with Gasteiger partial charge in [-0.1, -0.05) is 46.3 Å². The molecule has 0 aliphatic heterocycles. The lowest BCUT2D eigenvalue weighted by Gasteiger charge is -2.11. The van der Waals surface area contributed by atoms with Gasteiger partial charge in [0.1, 0.15) is 0 Å². The average Bonchev–Trinajstić information content (AvgIpc) is 2.87. The maximum Gasteiger partial charge on any atom is 0.339 e. The summed E-state index contributed by atoms with van der Waals surface area (Å²) in [6, 6.07) is 22.7. The molecule has 4 aromatic rings. The standard InChI is InChI=1S/C26H19BrN2O5/c1-33-25(31)17-8-12-19(13-9-17)28-24(30)15-34-26(32)21-14-23(16-6-10-18(27)11-7-16)29-22-5-3-2-4-20(21)22/h2-14H,15H2,1H3,(H,28,30). The van der Waals surface area contributed by atoms with Gasteiger partial charge in [0.15, 0.2) is 6.61 Å². The van der Waals surface area contributed by atoms with Gasteiger partial charge in [0, 0.05) is 21.1 Å². The number of rotatable bonds is 6. The van der Waals surface area contributed by atoms with E-state index in [2.05, 4.69) is 31.0 Å². The number of carbonyl (C=O) groups excluding carboxylic acids is 3. The molecule has 1 N–H and O–H groups in total. The Labute approximate surface area is 203 Å². The number of pyridine rings is 1. The fraction of sp³-hybridized carbons (Fsp3) is 0.0769. The number of hydrogen-bond donors (Lipinski definition) is 1. The fourth-order valence-corrected chi connectivity index (χ4v) is 3.59. The summed E-state index contributed by atoms with van der Waals surface area (Å²) in [6.07, 6.45) is 0. The zero-order valence-corrected chi connectivity index (χ0v) is 19.7. The van der Waals surface area contributed by atoms with E-state index in [1.165, 1.54) is 19.2 Å². The first kappa shape index (κ1) is 23.1. The summed E-state index contributed by atoms with van der Waals surface area (Å²) in [4.78, 5) is 41.4. The summed E-state index contributed by atoms with van der Waals surface area (Å²) in [7, 11) is 1.29. The lowest BCUT2D eigenvalue weighted by molar-refractivity contribution is -0.119. The van der Waals surface area contributed by atoms with Gasteiger partial charge in [-0.15, -0.1) is 0 Å². The van der Waals surface area contributed by atoms with Gasteiger partial charge in [-0.3, -0.25) is 4.79 Å². The highest BCUT2D eigenvalue weighted by Crippen LogP contribution is 2.26. The predicted molar refractivity (Wildman–Crippen MR) is 132 cm³/mol. The molecule has 0 radical (unpaired) electrons. The number of esters is 2. The topological polar surface area (TPSA) is 94.6 Å². The predicted octanol–water partition coefficient (Wildman–Crippen LogP) is 5.25. The van der Waals surface area contributed by atoms with E-state index in [-0.39, 0.29) is 0 Å². The number of methoxy groups -OCH3 is 1. The number of benzene rings is 3. The number of fused-ring (bicyclic) bond motifs is 1. The molecule has 1 amide bonds. The van der Waals surface area contributed by atoms with Crippen molar-refractivity contribution in [2.45, 2.75) is 0 Å². The molecule has 1 aromatic heterocycles. The van der Waals surface area contributed by atoms with Crippen molar-refractivity contribution in [2.75, 3.05) is 19.0 Å². The van der Waals surface area contributed by atoms with Gasteiger partial charge in [-0.25, -0.2) is 14.6 Å². The Bertz CT molecular complexity index is 1370. The van der Waals surface area contributed by atoms with E-state index in [1.807, 2.05) is 42.5 Å². The summed E-state index contributed by atoms with van der Waals surface area (Å²) in [5.41, 5.74) is 3.24. The van der Waals surface area contributed by atoms with E-state index >= 15 is 0 Å². The van der Waals surface area contributed by atoms with Crippen LogP contribution in [0.15, 0.2) is 83.3 Å². The molecule has 0 aliphatic rings. The van der Waals surface area contributed by atoms with Gasteiger partial charge < -0.3 is 14.8 Å². The Morgan fingerprint density at radius 2 is 1.62 bits per heavy atom. The number of anilines is 1. The molecule has 8 heteroatoms. The van der Waals surface area contributed by atoms with Crippen molar-refractivity contribution < 1.29 is 23.9 Å². The maximum atomic E-state index is 12.9. The average molecular weight is 519 g/mol. The quantitative estimate of drug-likeness (QED) is 0.350. The van der Waals surface area contributed by atoms with Gasteiger partial charge in [0.05, 0.1) is 29.4 Å². The zero-order valence-electron chi connectivity index (χ0n) is 18.1. The zero-order chi connectivity index (χ0) is 24.1. The number of amides is 1. The Kier molecular flexibility index (Phi) is 6.98. The first-order valence-electron chi connectivity index (χ1n) is 10.3. The van der Waals surface area contributed by atoms with Crippen LogP contribution >= 0.6 is 15.9 Å². The second-order valence-electron chi connectivity index (χ2n) is 7.27. The lowest BCUT2D eigenvalue weighted by atomic mass is 10.0. The first-order chi connectivity index (χ1) is 16.4. The highest BCUT2D eigenvalue weighted by atomic mass is 79.9. The van der Waals surface area contributed by atoms with Gasteiger partial charge in [-0.05, 0) is 48.5 Å². The van der Waals surface area contributed by atoms with Crippen LogP contribution in [-0.4, -0.2) is 36.5 Å². The van der Waals surface area contributed by atoms with Crippen molar-refractivity contribution in [3.63, 3.8) is 0 Å². The molecule has 0 unspecified atom stereocenters. The molecule has 0 atom stereocenters. The number of halogens is 1. The second kappa shape index (κ2) is 10.3. The van der Waals surface area contributed by atoms with E-state index in [1.54, 1.807) is 24.3 Å². The van der Waals surface area contributed by atoms with Crippen LogP contribution in [0.1, 0.15) is 20.7 Å². The van der Waals surface area contributed by atoms with Gasteiger partial charge in [0.2, 0.25) is 0 Å². The van der Waals surface area contributed by atoms with Gasteiger partial charge >= 0.3 is 11.9 Å². The third-order valence-corrected chi connectivity index (χ3v) is 5.53. The minimum atomic E-state index is -0.631. The number of nitrogens with zero attached hydrogens (tertiary/aromatic N) is 1. The second-order valence-corrected chi connectivity index (χ2v) is 8.19. The largest absolute Gasteiger partial charge is 0.465 e. The van der Waals surface area contributed by atoms with Crippen molar-refractivity contribution in [1.29, 1.82) is 0 Å². The molecule has 7 nitrogen and oxygen atoms in total. The first-order valence-corrected chi connectivity index (χ1v) is 11.0. The van der Waals surface area contributed by atoms with Crippen molar-refractivity contribution in [2.24, 2.45) is 0 Å². The Balaban J connectivity index is 1.49. The normalized spacial score (nSPS) is 10.5. The van der Waals surface area contributed by atoms with Crippen LogP contribution in [0.5, 0.6) is 0 Å². The van der Waals surface area contributed by atoms with Crippen molar-refractivity contribution in [3.8, 4) is 11.3 Å². The maximum absolute atomic E-state index is 12.9. The molecule has 0 aliphatic carbocycles. The number of carbonyl (C=O) groups is 3. The summed E-state index contributed by atoms with van der Waals surface area (Å²) in [6.45, 7) is -0.470. The van der Waals surface area contributed by atoms with Crippen LogP contribution in [0.3, 0.4) is 0 Å². The third kappa shape index (κ3) is 5.29. The van der Waals surface area contributed by atoms with E-state index in [0.29, 0.717) is 33.4 Å². The molecule has 170 valence electrons. The van der Waals surface area contributed by atoms with Crippen LogP contribution in [0.25, 0.3) is 22.2 Å². The Morgan fingerprint density at radius 1 is 0.912 bits per heavy atom.